The van der Waals surface area contributed by atoms with Crippen molar-refractivity contribution in [2.24, 2.45) is 0 Å². The van der Waals surface area contributed by atoms with Crippen molar-refractivity contribution < 1.29 is 17.6 Å². The molecule has 0 aliphatic rings. The van der Waals surface area contributed by atoms with Gasteiger partial charge in [-0.15, -0.1) is 11.3 Å². The highest BCUT2D eigenvalue weighted by Gasteiger charge is 2.24. The van der Waals surface area contributed by atoms with E-state index in [2.05, 4.69) is 27.3 Å². The van der Waals surface area contributed by atoms with E-state index in [-0.39, 0.29) is 4.90 Å². The Labute approximate surface area is 214 Å². The number of furan rings is 1. The van der Waals surface area contributed by atoms with Gasteiger partial charge >= 0.3 is 0 Å². The van der Waals surface area contributed by atoms with Gasteiger partial charge in [0.25, 0.3) is 10.0 Å². The Morgan fingerprint density at radius 2 is 1.88 bits per heavy atom. The molecule has 0 unspecified atom stereocenters. The highest BCUT2D eigenvalue weighted by molar-refractivity contribution is 14.1. The van der Waals surface area contributed by atoms with Gasteiger partial charge in [0.1, 0.15) is 10.6 Å². The summed E-state index contributed by atoms with van der Waals surface area (Å²) >= 11 is 3.60. The first-order valence-electron chi connectivity index (χ1n) is 10.3. The van der Waals surface area contributed by atoms with E-state index in [0.717, 1.165) is 35.4 Å². The average molecular weight is 602 g/mol. The lowest BCUT2D eigenvalue weighted by atomic mass is 9.99. The van der Waals surface area contributed by atoms with Crippen LogP contribution in [0.25, 0.3) is 31.8 Å². The zero-order chi connectivity index (χ0) is 23.9. The maximum atomic E-state index is 13.3. The fraction of sp³-hybridized carbons (Fsp3) is 0.0800. The molecular formula is C25H19IN2O4S2. The molecule has 6 nitrogen and oxygen atoms in total. The van der Waals surface area contributed by atoms with Crippen molar-refractivity contribution in [2.45, 2.75) is 11.8 Å². The number of thiophene rings is 1. The first kappa shape index (κ1) is 22.9. The zero-order valence-electron chi connectivity index (χ0n) is 18.2. The second-order valence-corrected chi connectivity index (χ2v) is 11.5. The number of ether oxygens (including phenoxy) is 1. The molecule has 34 heavy (non-hydrogen) atoms. The van der Waals surface area contributed by atoms with E-state index in [1.807, 2.05) is 43.3 Å². The van der Waals surface area contributed by atoms with Gasteiger partial charge in [0.05, 0.1) is 30.2 Å². The lowest BCUT2D eigenvalue weighted by Crippen LogP contribution is -2.13. The fourth-order valence-corrected chi connectivity index (χ4v) is 6.91. The Balaban J connectivity index is 1.78. The Kier molecular flexibility index (Phi) is 6.09. The third-order valence-electron chi connectivity index (χ3n) is 5.28. The van der Waals surface area contributed by atoms with Crippen molar-refractivity contribution in [2.75, 3.05) is 11.8 Å². The van der Waals surface area contributed by atoms with Crippen LogP contribution in [-0.2, 0) is 10.0 Å². The number of pyridine rings is 1. The lowest BCUT2D eigenvalue weighted by Gasteiger charge is -2.13. The molecule has 0 spiro atoms. The molecule has 5 aromatic rings. The first-order valence-corrected chi connectivity index (χ1v) is 13.6. The largest absolute Gasteiger partial charge is 0.497 e. The van der Waals surface area contributed by atoms with Crippen LogP contribution in [0.15, 0.2) is 82.5 Å². The molecule has 2 aromatic carbocycles. The van der Waals surface area contributed by atoms with Crippen molar-refractivity contribution >= 4 is 59.9 Å². The van der Waals surface area contributed by atoms with E-state index >= 15 is 0 Å². The number of nitrogens with one attached hydrogen (secondary N) is 1. The monoisotopic (exact) mass is 602 g/mol. The SMILES string of the molecule is COc1cccc(-c2c(-c3ccoc3)sc3nc(C)cc(NS(=O)(=O)c4cccc(I)c4)c23)c1. The maximum absolute atomic E-state index is 13.3. The summed E-state index contributed by atoms with van der Waals surface area (Å²) in [6.07, 6.45) is 3.30. The number of fused-ring (bicyclic) bond motifs is 1. The van der Waals surface area contributed by atoms with Crippen LogP contribution in [0.2, 0.25) is 0 Å². The molecule has 0 saturated heterocycles. The topological polar surface area (TPSA) is 81.4 Å². The van der Waals surface area contributed by atoms with Crippen molar-refractivity contribution in [1.29, 1.82) is 0 Å². The molecule has 9 heteroatoms. The van der Waals surface area contributed by atoms with Crippen molar-refractivity contribution in [3.63, 3.8) is 0 Å². The number of aryl methyl sites for hydroxylation is 1. The van der Waals surface area contributed by atoms with Gasteiger partial charge in [0, 0.05) is 30.7 Å². The van der Waals surface area contributed by atoms with Crippen molar-refractivity contribution in [3.05, 3.63) is 82.5 Å². The normalized spacial score (nSPS) is 11.6. The number of halogens is 1. The van der Waals surface area contributed by atoms with Crippen LogP contribution in [0.4, 0.5) is 5.69 Å². The van der Waals surface area contributed by atoms with Crippen molar-refractivity contribution in [1.82, 2.24) is 4.98 Å². The summed E-state index contributed by atoms with van der Waals surface area (Å²) in [5.74, 6) is 0.705. The number of sulfonamides is 1. The number of aromatic nitrogens is 1. The minimum Gasteiger partial charge on any atom is -0.497 e. The third kappa shape index (κ3) is 4.30. The first-order chi connectivity index (χ1) is 16.4. The van der Waals surface area contributed by atoms with E-state index in [4.69, 9.17) is 14.1 Å². The predicted octanol–water partition coefficient (Wildman–Crippen LogP) is 6.95. The van der Waals surface area contributed by atoms with Gasteiger partial charge in [-0.3, -0.25) is 4.72 Å². The number of rotatable bonds is 6. The minimum absolute atomic E-state index is 0.204. The lowest BCUT2D eigenvalue weighted by molar-refractivity contribution is 0.415. The summed E-state index contributed by atoms with van der Waals surface area (Å²) in [6.45, 7) is 1.85. The molecule has 3 aromatic heterocycles. The van der Waals surface area contributed by atoms with Crippen LogP contribution >= 0.6 is 33.9 Å². The molecule has 1 N–H and O–H groups in total. The van der Waals surface area contributed by atoms with Crippen LogP contribution in [-0.4, -0.2) is 20.5 Å². The highest BCUT2D eigenvalue weighted by Crippen LogP contribution is 2.48. The summed E-state index contributed by atoms with van der Waals surface area (Å²) in [4.78, 5) is 6.60. The number of benzene rings is 2. The number of nitrogens with zero attached hydrogens (tertiary/aromatic N) is 1. The summed E-state index contributed by atoms with van der Waals surface area (Å²) in [5.41, 5.74) is 3.84. The maximum Gasteiger partial charge on any atom is 0.261 e. The molecule has 0 amide bonds. The molecule has 0 aliphatic carbocycles. The Hall–Kier alpha value is -2.89. The summed E-state index contributed by atoms with van der Waals surface area (Å²) < 4.78 is 41.1. The minimum atomic E-state index is -3.82. The highest BCUT2D eigenvalue weighted by atomic mass is 127. The second-order valence-electron chi connectivity index (χ2n) is 7.60. The van der Waals surface area contributed by atoms with E-state index in [1.165, 1.54) is 11.3 Å². The Bertz CT molecular complexity index is 1610. The van der Waals surface area contributed by atoms with Crippen LogP contribution in [0.3, 0.4) is 0 Å². The summed E-state index contributed by atoms with van der Waals surface area (Å²) in [6, 6.07) is 18.2. The van der Waals surface area contributed by atoms with Gasteiger partial charge in [-0.25, -0.2) is 13.4 Å². The number of hydrogen-bond acceptors (Lipinski definition) is 6. The van der Waals surface area contributed by atoms with Gasteiger partial charge in [0.15, 0.2) is 0 Å². The third-order valence-corrected chi connectivity index (χ3v) is 8.45. The van der Waals surface area contributed by atoms with E-state index in [9.17, 15) is 8.42 Å². The quantitative estimate of drug-likeness (QED) is 0.213. The van der Waals surface area contributed by atoms with E-state index in [0.29, 0.717) is 17.1 Å². The molecule has 172 valence electrons. The molecule has 0 bridgehead atoms. The van der Waals surface area contributed by atoms with Crippen LogP contribution in [0.5, 0.6) is 5.75 Å². The molecule has 0 aliphatic heterocycles. The number of hydrogen-bond donors (Lipinski definition) is 1. The van der Waals surface area contributed by atoms with Gasteiger partial charge in [-0.05, 0) is 77.5 Å². The van der Waals surface area contributed by atoms with Crippen LogP contribution in [0.1, 0.15) is 5.69 Å². The number of methoxy groups -OCH3 is 1. The molecule has 0 atom stereocenters. The zero-order valence-corrected chi connectivity index (χ0v) is 22.0. The standard InChI is InChI=1S/C25H19IN2O4S2/c1-15-11-21(28-34(29,30)20-8-4-6-18(26)13-20)23-22(16-5-3-7-19(12-16)31-2)24(33-25(23)27-15)17-9-10-32-14-17/h3-14H,1-2H3,(H,27,28). The molecule has 3 heterocycles. The van der Waals surface area contributed by atoms with Gasteiger partial charge in [-0.1, -0.05) is 18.2 Å². The van der Waals surface area contributed by atoms with Crippen LogP contribution in [0, 0.1) is 10.5 Å². The molecule has 0 radical (unpaired) electrons. The summed E-state index contributed by atoms with van der Waals surface area (Å²) in [5, 5.41) is 0.731. The fourth-order valence-electron chi connectivity index (χ4n) is 3.79. The molecule has 0 saturated carbocycles. The van der Waals surface area contributed by atoms with Crippen LogP contribution < -0.4 is 9.46 Å². The molecular weight excluding hydrogens is 583 g/mol. The van der Waals surface area contributed by atoms with Gasteiger partial charge < -0.3 is 9.15 Å². The smallest absolute Gasteiger partial charge is 0.261 e. The van der Waals surface area contributed by atoms with Gasteiger partial charge in [0.2, 0.25) is 0 Å². The Morgan fingerprint density at radius 3 is 2.62 bits per heavy atom. The average Bonchev–Trinajstić information content (AvgIpc) is 3.47. The summed E-state index contributed by atoms with van der Waals surface area (Å²) in [7, 11) is -2.20. The second kappa shape index (κ2) is 9.05. The van der Waals surface area contributed by atoms with E-state index < -0.39 is 10.0 Å². The predicted molar refractivity (Wildman–Crippen MR) is 144 cm³/mol. The van der Waals surface area contributed by atoms with Gasteiger partial charge in [-0.2, -0.15) is 0 Å². The molecule has 0 fully saturated rings. The van der Waals surface area contributed by atoms with Crippen molar-refractivity contribution in [3.8, 4) is 27.3 Å². The van der Waals surface area contributed by atoms with E-state index in [1.54, 1.807) is 43.9 Å². The molecule has 5 rings (SSSR count). The Morgan fingerprint density at radius 1 is 1.06 bits per heavy atom. The number of anilines is 1.